The first-order chi connectivity index (χ1) is 11.8. The van der Waals surface area contributed by atoms with E-state index >= 15 is 0 Å². The third kappa shape index (κ3) is 2.22. The second-order valence-corrected chi connectivity index (χ2v) is 9.64. The first-order valence-electron chi connectivity index (χ1n) is 9.69. The molecule has 0 radical (unpaired) electrons. The predicted molar refractivity (Wildman–Crippen MR) is 98.1 cm³/mol. The molecule has 0 aromatic heterocycles. The van der Waals surface area contributed by atoms with Crippen molar-refractivity contribution in [3.8, 4) is 0 Å². The Hall–Kier alpha value is -0.640. The zero-order valence-corrected chi connectivity index (χ0v) is 16.0. The van der Waals surface area contributed by atoms with Crippen LogP contribution >= 0.6 is 11.6 Å². The van der Waals surface area contributed by atoms with Crippen LogP contribution in [0.25, 0.3) is 0 Å². The van der Waals surface area contributed by atoms with Gasteiger partial charge in [0.15, 0.2) is 5.78 Å². The van der Waals surface area contributed by atoms with E-state index in [1.165, 1.54) is 5.57 Å². The van der Waals surface area contributed by atoms with Crippen molar-refractivity contribution < 1.29 is 15.0 Å². The average Bonchev–Trinajstić information content (AvgIpc) is 2.59. The number of aliphatic hydroxyl groups excluding tert-OH is 1. The summed E-state index contributed by atoms with van der Waals surface area (Å²) in [6.07, 6.45) is 10.3. The second-order valence-electron chi connectivity index (χ2n) is 9.23. The molecule has 4 rings (SSSR count). The number of rotatable bonds is 1. The maximum Gasteiger partial charge on any atom is 0.155 e. The third-order valence-corrected chi connectivity index (χ3v) is 8.94. The van der Waals surface area contributed by atoms with Crippen LogP contribution in [0, 0.1) is 28.6 Å². The molecule has 0 heterocycles. The highest BCUT2D eigenvalue weighted by molar-refractivity contribution is 6.30. The molecule has 0 aromatic carbocycles. The molecule has 4 aliphatic carbocycles. The maximum atomic E-state index is 11.9. The molecule has 0 amide bonds. The summed E-state index contributed by atoms with van der Waals surface area (Å²) in [5.41, 5.74) is -0.213. The average molecular weight is 365 g/mol. The van der Waals surface area contributed by atoms with Crippen molar-refractivity contribution in [2.75, 3.05) is 6.61 Å². The minimum atomic E-state index is -1.32. The molecule has 1 unspecified atom stereocenters. The molecule has 2 saturated carbocycles. The molecule has 4 aliphatic rings. The topological polar surface area (TPSA) is 57.5 Å². The van der Waals surface area contributed by atoms with E-state index in [-0.39, 0.29) is 23.2 Å². The molecular formula is C21H29ClO3. The van der Waals surface area contributed by atoms with Gasteiger partial charge in [-0.2, -0.15) is 0 Å². The SMILES string of the molecule is C[C@]12CCC(=O)C=C1CC[C@@H]1[C@@H]2CC[C@@]2(C)[C@H]1CC=C(Cl)C2(O)CO. The van der Waals surface area contributed by atoms with Gasteiger partial charge in [0.05, 0.1) is 6.61 Å². The standard InChI is InChI=1S/C21H29ClO3/c1-19-9-7-14(24)11-13(19)3-4-15-16(19)8-10-20(2)17(15)5-6-18(22)21(20,25)12-23/h6,11,15-17,23,25H,3-5,7-10,12H2,1-2H3/t15-,16+,17+,19+,20+,21?/m1/s1. The lowest BCUT2D eigenvalue weighted by atomic mass is 9.43. The lowest BCUT2D eigenvalue weighted by Crippen LogP contribution is -2.62. The molecule has 0 aliphatic heterocycles. The molecule has 0 bridgehead atoms. The lowest BCUT2D eigenvalue weighted by Gasteiger charge is -2.63. The zero-order valence-electron chi connectivity index (χ0n) is 15.2. The molecule has 2 N–H and O–H groups in total. The Morgan fingerprint density at radius 3 is 2.68 bits per heavy atom. The molecule has 3 nitrogen and oxygen atoms in total. The Bertz CT molecular complexity index is 668. The Balaban J connectivity index is 1.73. The molecule has 0 saturated heterocycles. The van der Waals surface area contributed by atoms with Crippen molar-refractivity contribution in [2.24, 2.45) is 28.6 Å². The molecule has 138 valence electrons. The molecule has 25 heavy (non-hydrogen) atoms. The van der Waals surface area contributed by atoms with Gasteiger partial charge in [-0.15, -0.1) is 0 Å². The number of halogens is 1. The van der Waals surface area contributed by atoms with Gasteiger partial charge in [-0.25, -0.2) is 0 Å². The van der Waals surface area contributed by atoms with Gasteiger partial charge in [0, 0.05) is 16.9 Å². The number of fused-ring (bicyclic) bond motifs is 5. The Morgan fingerprint density at radius 1 is 1.20 bits per heavy atom. The first-order valence-corrected chi connectivity index (χ1v) is 10.1. The fraction of sp³-hybridized carbons (Fsp3) is 0.762. The van der Waals surface area contributed by atoms with Crippen LogP contribution in [0.15, 0.2) is 22.8 Å². The summed E-state index contributed by atoms with van der Waals surface area (Å²) in [4.78, 5) is 11.9. The highest BCUT2D eigenvalue weighted by Gasteiger charge is 2.62. The predicted octanol–water partition coefficient (Wildman–Crippen LogP) is 3.97. The molecular weight excluding hydrogens is 336 g/mol. The van der Waals surface area contributed by atoms with Gasteiger partial charge >= 0.3 is 0 Å². The molecule has 6 atom stereocenters. The number of aliphatic hydroxyl groups is 2. The van der Waals surface area contributed by atoms with Crippen LogP contribution in [-0.2, 0) is 4.79 Å². The number of hydrogen-bond acceptors (Lipinski definition) is 3. The third-order valence-electron chi connectivity index (χ3n) is 8.47. The van der Waals surface area contributed by atoms with E-state index in [1.54, 1.807) is 0 Å². The zero-order chi connectivity index (χ0) is 18.0. The lowest BCUT2D eigenvalue weighted by molar-refractivity contribution is -0.165. The maximum absolute atomic E-state index is 11.9. The van der Waals surface area contributed by atoms with Gasteiger partial charge in [0.1, 0.15) is 5.60 Å². The summed E-state index contributed by atoms with van der Waals surface area (Å²) in [5.74, 6) is 1.70. The van der Waals surface area contributed by atoms with Gasteiger partial charge in [0.2, 0.25) is 0 Å². The van der Waals surface area contributed by atoms with Gasteiger partial charge in [-0.3, -0.25) is 4.79 Å². The summed E-state index contributed by atoms with van der Waals surface area (Å²) in [6, 6.07) is 0. The van der Waals surface area contributed by atoms with Crippen molar-refractivity contribution >= 4 is 17.4 Å². The van der Waals surface area contributed by atoms with E-state index in [0.29, 0.717) is 29.2 Å². The van der Waals surface area contributed by atoms with Crippen LogP contribution in [0.3, 0.4) is 0 Å². The van der Waals surface area contributed by atoms with Crippen molar-refractivity contribution in [3.05, 3.63) is 22.8 Å². The fourth-order valence-electron chi connectivity index (χ4n) is 6.76. The summed E-state index contributed by atoms with van der Waals surface area (Å²) >= 11 is 6.37. The van der Waals surface area contributed by atoms with Gasteiger partial charge in [-0.05, 0) is 67.8 Å². The van der Waals surface area contributed by atoms with Gasteiger partial charge in [0.25, 0.3) is 0 Å². The monoisotopic (exact) mass is 364 g/mol. The number of ketones is 1. The summed E-state index contributed by atoms with van der Waals surface area (Å²) in [7, 11) is 0. The van der Waals surface area contributed by atoms with Crippen LogP contribution in [0.5, 0.6) is 0 Å². The van der Waals surface area contributed by atoms with Crippen molar-refractivity contribution in [1.29, 1.82) is 0 Å². The van der Waals surface area contributed by atoms with Gasteiger partial charge < -0.3 is 10.2 Å². The van der Waals surface area contributed by atoms with Crippen molar-refractivity contribution in [2.45, 2.75) is 64.4 Å². The Kier molecular flexibility index (Phi) is 4.03. The number of allylic oxidation sites excluding steroid dienone is 3. The van der Waals surface area contributed by atoms with E-state index < -0.39 is 5.60 Å². The van der Waals surface area contributed by atoms with Gasteiger partial charge in [-0.1, -0.05) is 37.1 Å². The highest BCUT2D eigenvalue weighted by atomic mass is 35.5. The molecule has 0 spiro atoms. The Morgan fingerprint density at radius 2 is 1.96 bits per heavy atom. The quantitative estimate of drug-likeness (QED) is 0.740. The second kappa shape index (κ2) is 5.68. The van der Waals surface area contributed by atoms with Crippen LogP contribution in [0.4, 0.5) is 0 Å². The minimum Gasteiger partial charge on any atom is -0.393 e. The van der Waals surface area contributed by atoms with Crippen molar-refractivity contribution in [1.82, 2.24) is 0 Å². The van der Waals surface area contributed by atoms with E-state index in [1.807, 2.05) is 12.2 Å². The highest BCUT2D eigenvalue weighted by Crippen LogP contribution is 2.66. The van der Waals surface area contributed by atoms with Crippen LogP contribution in [0.1, 0.15) is 58.8 Å². The normalized spacial score (nSPS) is 49.5. The van der Waals surface area contributed by atoms with E-state index in [4.69, 9.17) is 11.6 Å². The number of hydrogen-bond donors (Lipinski definition) is 2. The number of carbonyl (C=O) groups is 1. The minimum absolute atomic E-state index is 0.125. The fourth-order valence-corrected chi connectivity index (χ4v) is 7.12. The molecule has 4 heteroatoms. The van der Waals surface area contributed by atoms with Crippen LogP contribution < -0.4 is 0 Å². The summed E-state index contributed by atoms with van der Waals surface area (Å²) in [6.45, 7) is 4.16. The summed E-state index contributed by atoms with van der Waals surface area (Å²) < 4.78 is 0. The number of carbonyl (C=O) groups excluding carboxylic acids is 1. The smallest absolute Gasteiger partial charge is 0.155 e. The van der Waals surface area contributed by atoms with Crippen LogP contribution in [-0.4, -0.2) is 28.2 Å². The summed E-state index contributed by atoms with van der Waals surface area (Å²) in [5, 5.41) is 21.6. The van der Waals surface area contributed by atoms with E-state index in [0.717, 1.165) is 38.5 Å². The largest absolute Gasteiger partial charge is 0.393 e. The Labute approximate surface area is 155 Å². The van der Waals surface area contributed by atoms with Crippen LogP contribution in [0.2, 0.25) is 0 Å². The van der Waals surface area contributed by atoms with Crippen molar-refractivity contribution in [3.63, 3.8) is 0 Å². The molecule has 2 fully saturated rings. The van der Waals surface area contributed by atoms with E-state index in [9.17, 15) is 15.0 Å². The van der Waals surface area contributed by atoms with E-state index in [2.05, 4.69) is 13.8 Å². The first kappa shape index (κ1) is 17.8. The molecule has 0 aromatic rings.